The number of carbonyl (C=O) groups excluding carboxylic acids is 1. The molecule has 0 aliphatic carbocycles. The number of hydrogen-bond acceptors (Lipinski definition) is 4. The van der Waals surface area contributed by atoms with Crippen LogP contribution >= 0.6 is 11.8 Å². The molecule has 20 heavy (non-hydrogen) atoms. The molecule has 110 valence electrons. The average Bonchev–Trinajstić information content (AvgIpc) is 2.90. The summed E-state index contributed by atoms with van der Waals surface area (Å²) in [4.78, 5) is 14.3. The van der Waals surface area contributed by atoms with Gasteiger partial charge in [-0.3, -0.25) is 4.79 Å². The van der Waals surface area contributed by atoms with Gasteiger partial charge < -0.3 is 15.3 Å². The highest BCUT2D eigenvalue weighted by Crippen LogP contribution is 2.29. The third-order valence-electron chi connectivity index (χ3n) is 3.68. The summed E-state index contributed by atoms with van der Waals surface area (Å²) < 4.78 is 0. The summed E-state index contributed by atoms with van der Waals surface area (Å²) in [6.45, 7) is 6.15. The lowest BCUT2D eigenvalue weighted by molar-refractivity contribution is -0.131. The van der Waals surface area contributed by atoms with Crippen molar-refractivity contribution in [3.05, 3.63) is 24.3 Å². The molecule has 0 bridgehead atoms. The van der Waals surface area contributed by atoms with Gasteiger partial charge in [0.25, 0.3) is 5.91 Å². The molecule has 1 aromatic carbocycles. The van der Waals surface area contributed by atoms with Gasteiger partial charge in [0.2, 0.25) is 0 Å². The molecule has 5 heteroatoms. The van der Waals surface area contributed by atoms with Crippen LogP contribution in [0.5, 0.6) is 0 Å². The van der Waals surface area contributed by atoms with Crippen LogP contribution in [-0.4, -0.2) is 41.2 Å². The number of aliphatic hydroxyl groups is 1. The predicted molar refractivity (Wildman–Crippen MR) is 85.5 cm³/mol. The van der Waals surface area contributed by atoms with Gasteiger partial charge in [-0.1, -0.05) is 0 Å². The van der Waals surface area contributed by atoms with E-state index in [1.165, 1.54) is 0 Å². The molecule has 1 fully saturated rings. The van der Waals surface area contributed by atoms with Crippen molar-refractivity contribution in [2.45, 2.75) is 25.9 Å². The van der Waals surface area contributed by atoms with Gasteiger partial charge >= 0.3 is 0 Å². The zero-order valence-corrected chi connectivity index (χ0v) is 12.9. The third-order valence-corrected chi connectivity index (χ3v) is 4.85. The molecule has 1 aliphatic rings. The zero-order chi connectivity index (χ0) is 14.6. The second kappa shape index (κ2) is 6.50. The molecule has 1 aliphatic heterocycles. The number of carbonyl (C=O) groups is 1. The number of nitrogens with zero attached hydrogens (tertiary/aromatic N) is 1. The van der Waals surface area contributed by atoms with Crippen molar-refractivity contribution in [1.29, 1.82) is 0 Å². The van der Waals surface area contributed by atoms with Gasteiger partial charge in [0, 0.05) is 30.2 Å². The van der Waals surface area contributed by atoms with Crippen molar-refractivity contribution in [2.75, 3.05) is 34.8 Å². The Morgan fingerprint density at radius 1 is 1.35 bits per heavy atom. The molecule has 1 unspecified atom stereocenters. The minimum Gasteiger partial charge on any atom is -0.379 e. The highest BCUT2D eigenvalue weighted by atomic mass is 32.2. The number of benzene rings is 1. The van der Waals surface area contributed by atoms with E-state index in [0.29, 0.717) is 12.2 Å². The summed E-state index contributed by atoms with van der Waals surface area (Å²) in [6, 6.07) is 7.76. The quantitative estimate of drug-likeness (QED) is 0.875. The minimum atomic E-state index is -1.21. The van der Waals surface area contributed by atoms with E-state index in [1.54, 1.807) is 11.8 Å². The molecule has 0 saturated carbocycles. The van der Waals surface area contributed by atoms with Crippen LogP contribution in [0.2, 0.25) is 0 Å². The van der Waals surface area contributed by atoms with Crippen LogP contribution in [0, 0.1) is 0 Å². The first-order valence-electron chi connectivity index (χ1n) is 7.05. The van der Waals surface area contributed by atoms with Crippen LogP contribution in [0.25, 0.3) is 0 Å². The van der Waals surface area contributed by atoms with Crippen LogP contribution in [0.15, 0.2) is 24.3 Å². The Morgan fingerprint density at radius 3 is 2.50 bits per heavy atom. The number of nitrogens with one attached hydrogen (secondary N) is 1. The van der Waals surface area contributed by atoms with Gasteiger partial charge in [-0.15, -0.1) is 0 Å². The minimum absolute atomic E-state index is 0.293. The van der Waals surface area contributed by atoms with E-state index in [1.807, 2.05) is 24.3 Å². The Morgan fingerprint density at radius 2 is 2.00 bits per heavy atom. The summed E-state index contributed by atoms with van der Waals surface area (Å²) in [5.41, 5.74) is 0.668. The average molecular weight is 294 g/mol. The number of rotatable bonds is 5. The molecule has 1 amide bonds. The smallest absolute Gasteiger partial charge is 0.257 e. The van der Waals surface area contributed by atoms with Crippen molar-refractivity contribution in [3.8, 4) is 0 Å². The van der Waals surface area contributed by atoms with E-state index in [9.17, 15) is 9.90 Å². The molecule has 0 aromatic heterocycles. The Hall–Kier alpha value is -1.20. The fourth-order valence-electron chi connectivity index (χ4n) is 2.33. The van der Waals surface area contributed by atoms with E-state index in [-0.39, 0.29) is 5.91 Å². The standard InChI is InChI=1S/C15H22N2O2S/c1-3-17(4-2)13-7-5-12(6-8-13)16-14(18)15(19)9-10-20-11-15/h5-8,19H,3-4,9-11H2,1-2H3,(H,16,18). The summed E-state index contributed by atoms with van der Waals surface area (Å²) in [5, 5.41) is 13.0. The molecular weight excluding hydrogens is 272 g/mol. The van der Waals surface area contributed by atoms with Gasteiger partial charge in [-0.2, -0.15) is 11.8 Å². The fourth-order valence-corrected chi connectivity index (χ4v) is 3.56. The normalized spacial score (nSPS) is 21.8. The highest BCUT2D eigenvalue weighted by molar-refractivity contribution is 7.99. The van der Waals surface area contributed by atoms with Crippen LogP contribution in [-0.2, 0) is 4.79 Å². The van der Waals surface area contributed by atoms with E-state index in [0.717, 1.165) is 30.2 Å². The summed E-state index contributed by atoms with van der Waals surface area (Å²) in [6.07, 6.45) is 0.529. The molecule has 1 heterocycles. The second-order valence-corrected chi connectivity index (χ2v) is 6.11. The number of anilines is 2. The molecule has 1 saturated heterocycles. The molecule has 1 aromatic rings. The van der Waals surface area contributed by atoms with E-state index < -0.39 is 5.60 Å². The second-order valence-electron chi connectivity index (χ2n) is 5.01. The van der Waals surface area contributed by atoms with Crippen molar-refractivity contribution < 1.29 is 9.90 Å². The summed E-state index contributed by atoms with van der Waals surface area (Å²) in [5.74, 6) is 1.03. The number of thioether (sulfide) groups is 1. The van der Waals surface area contributed by atoms with Crippen LogP contribution < -0.4 is 10.2 Å². The third kappa shape index (κ3) is 3.27. The maximum Gasteiger partial charge on any atom is 0.257 e. The Bertz CT molecular complexity index is 451. The van der Waals surface area contributed by atoms with E-state index >= 15 is 0 Å². The lowest BCUT2D eigenvalue weighted by atomic mass is 10.0. The Kier molecular flexibility index (Phi) is 4.94. The first-order valence-corrected chi connectivity index (χ1v) is 8.21. The van der Waals surface area contributed by atoms with Crippen LogP contribution in [0.4, 0.5) is 11.4 Å². The number of hydrogen-bond donors (Lipinski definition) is 2. The van der Waals surface area contributed by atoms with E-state index in [4.69, 9.17) is 0 Å². The lowest BCUT2D eigenvalue weighted by Gasteiger charge is -2.22. The zero-order valence-electron chi connectivity index (χ0n) is 12.1. The monoisotopic (exact) mass is 294 g/mol. The molecule has 4 nitrogen and oxygen atoms in total. The predicted octanol–water partition coefficient (Wildman–Crippen LogP) is 2.34. The van der Waals surface area contributed by atoms with Crippen LogP contribution in [0.3, 0.4) is 0 Å². The topological polar surface area (TPSA) is 52.6 Å². The van der Waals surface area contributed by atoms with Crippen molar-refractivity contribution in [1.82, 2.24) is 0 Å². The first-order chi connectivity index (χ1) is 9.59. The van der Waals surface area contributed by atoms with Gasteiger partial charge in [0.15, 0.2) is 5.60 Å². The van der Waals surface area contributed by atoms with Gasteiger partial charge in [-0.05, 0) is 50.3 Å². The largest absolute Gasteiger partial charge is 0.379 e. The van der Waals surface area contributed by atoms with Crippen molar-refractivity contribution in [2.24, 2.45) is 0 Å². The molecule has 0 radical (unpaired) electrons. The summed E-state index contributed by atoms with van der Waals surface area (Å²) in [7, 11) is 0. The van der Waals surface area contributed by atoms with Crippen LogP contribution in [0.1, 0.15) is 20.3 Å². The van der Waals surface area contributed by atoms with Gasteiger partial charge in [0.05, 0.1) is 0 Å². The number of amides is 1. The highest BCUT2D eigenvalue weighted by Gasteiger charge is 2.39. The lowest BCUT2D eigenvalue weighted by Crippen LogP contribution is -2.42. The molecule has 2 rings (SSSR count). The SMILES string of the molecule is CCN(CC)c1ccc(NC(=O)C2(O)CCSC2)cc1. The fraction of sp³-hybridized carbons (Fsp3) is 0.533. The molecule has 0 spiro atoms. The Balaban J connectivity index is 2.02. The summed E-state index contributed by atoms with van der Waals surface area (Å²) >= 11 is 1.61. The first kappa shape index (κ1) is 15.2. The molecular formula is C15H22N2O2S. The molecule has 2 N–H and O–H groups in total. The maximum atomic E-state index is 12.1. The molecule has 1 atom stereocenters. The maximum absolute atomic E-state index is 12.1. The van der Waals surface area contributed by atoms with Gasteiger partial charge in [-0.25, -0.2) is 0 Å². The van der Waals surface area contributed by atoms with Crippen molar-refractivity contribution in [3.63, 3.8) is 0 Å². The van der Waals surface area contributed by atoms with Crippen molar-refractivity contribution >= 4 is 29.0 Å². The van der Waals surface area contributed by atoms with Gasteiger partial charge in [0.1, 0.15) is 0 Å². The Labute approximate surface area is 124 Å². The van der Waals surface area contributed by atoms with E-state index in [2.05, 4.69) is 24.1 Å².